The highest BCUT2D eigenvalue weighted by atomic mass is 32.1. The summed E-state index contributed by atoms with van der Waals surface area (Å²) in [5.41, 5.74) is 1.27. The van der Waals surface area contributed by atoms with Crippen LogP contribution in [-0.4, -0.2) is 24.2 Å². The van der Waals surface area contributed by atoms with Crippen LogP contribution in [0.1, 0.15) is 55.2 Å². The SMILES string of the molecule is CCc1nc(C(NC(C)C)C2CCOCC2)sc1C. The first-order valence-corrected chi connectivity index (χ1v) is 8.23. The summed E-state index contributed by atoms with van der Waals surface area (Å²) in [6.07, 6.45) is 3.32. The number of nitrogens with one attached hydrogen (secondary N) is 1. The summed E-state index contributed by atoms with van der Waals surface area (Å²) >= 11 is 1.87. The second-order valence-corrected chi connectivity index (χ2v) is 6.89. The van der Waals surface area contributed by atoms with Crippen molar-refractivity contribution in [2.45, 2.75) is 59.0 Å². The maximum absolute atomic E-state index is 5.50. The molecule has 1 atom stereocenters. The maximum atomic E-state index is 5.50. The molecule has 1 aromatic heterocycles. The fourth-order valence-corrected chi connectivity index (χ4v) is 3.89. The van der Waals surface area contributed by atoms with E-state index in [0.29, 0.717) is 18.0 Å². The molecule has 0 saturated carbocycles. The van der Waals surface area contributed by atoms with Gasteiger partial charge in [-0.3, -0.25) is 0 Å². The molecule has 0 aliphatic carbocycles. The van der Waals surface area contributed by atoms with Crippen LogP contribution in [0.2, 0.25) is 0 Å². The summed E-state index contributed by atoms with van der Waals surface area (Å²) in [7, 11) is 0. The summed E-state index contributed by atoms with van der Waals surface area (Å²) in [5.74, 6) is 0.659. The van der Waals surface area contributed by atoms with Gasteiger partial charge < -0.3 is 10.1 Å². The average molecular weight is 282 g/mol. The van der Waals surface area contributed by atoms with Crippen molar-refractivity contribution in [1.82, 2.24) is 10.3 Å². The highest BCUT2D eigenvalue weighted by Gasteiger charge is 2.28. The highest BCUT2D eigenvalue weighted by Crippen LogP contribution is 2.34. The topological polar surface area (TPSA) is 34.2 Å². The number of aromatic nitrogens is 1. The van der Waals surface area contributed by atoms with Crippen molar-refractivity contribution in [3.8, 4) is 0 Å². The Kier molecular flexibility index (Phi) is 5.37. The Bertz CT molecular complexity index is 397. The number of aryl methyl sites for hydroxylation is 2. The van der Waals surface area contributed by atoms with Gasteiger partial charge in [0.05, 0.1) is 11.7 Å². The molecule has 0 radical (unpaired) electrons. The minimum Gasteiger partial charge on any atom is -0.381 e. The molecule has 4 heteroatoms. The number of rotatable bonds is 5. The van der Waals surface area contributed by atoms with Gasteiger partial charge in [0.1, 0.15) is 5.01 Å². The van der Waals surface area contributed by atoms with Gasteiger partial charge >= 0.3 is 0 Å². The van der Waals surface area contributed by atoms with E-state index in [2.05, 4.69) is 33.0 Å². The Hall–Kier alpha value is -0.450. The molecule has 19 heavy (non-hydrogen) atoms. The van der Waals surface area contributed by atoms with E-state index in [-0.39, 0.29) is 0 Å². The van der Waals surface area contributed by atoms with Gasteiger partial charge in [-0.05, 0) is 32.1 Å². The Morgan fingerprint density at radius 1 is 1.37 bits per heavy atom. The van der Waals surface area contributed by atoms with Crippen LogP contribution in [0.3, 0.4) is 0 Å². The summed E-state index contributed by atoms with van der Waals surface area (Å²) < 4.78 is 5.50. The lowest BCUT2D eigenvalue weighted by molar-refractivity contribution is 0.0524. The fourth-order valence-electron chi connectivity index (χ4n) is 2.73. The van der Waals surface area contributed by atoms with E-state index in [4.69, 9.17) is 9.72 Å². The molecule has 0 spiro atoms. The maximum Gasteiger partial charge on any atom is 0.110 e. The monoisotopic (exact) mass is 282 g/mol. The van der Waals surface area contributed by atoms with E-state index in [1.165, 1.54) is 15.6 Å². The van der Waals surface area contributed by atoms with Gasteiger partial charge in [0.25, 0.3) is 0 Å². The van der Waals surface area contributed by atoms with E-state index in [9.17, 15) is 0 Å². The molecule has 2 rings (SSSR count). The zero-order valence-corrected chi connectivity index (χ0v) is 13.3. The average Bonchev–Trinajstić information content (AvgIpc) is 2.78. The second kappa shape index (κ2) is 6.82. The quantitative estimate of drug-likeness (QED) is 0.898. The minimum absolute atomic E-state index is 0.396. The summed E-state index contributed by atoms with van der Waals surface area (Å²) in [6.45, 7) is 10.6. The number of nitrogens with zero attached hydrogens (tertiary/aromatic N) is 1. The third-order valence-corrected chi connectivity index (χ3v) is 4.86. The lowest BCUT2D eigenvalue weighted by Gasteiger charge is -2.31. The van der Waals surface area contributed by atoms with Crippen molar-refractivity contribution >= 4 is 11.3 Å². The third kappa shape index (κ3) is 3.77. The van der Waals surface area contributed by atoms with E-state index >= 15 is 0 Å². The van der Waals surface area contributed by atoms with Gasteiger partial charge in [0.15, 0.2) is 0 Å². The number of ether oxygens (including phenoxy) is 1. The molecular weight excluding hydrogens is 256 g/mol. The van der Waals surface area contributed by atoms with Crippen LogP contribution in [0.25, 0.3) is 0 Å². The Labute approximate surface area is 120 Å². The summed E-state index contributed by atoms with van der Waals surface area (Å²) in [5, 5.41) is 5.00. The first-order valence-electron chi connectivity index (χ1n) is 7.41. The molecule has 1 aromatic rings. The molecule has 2 heterocycles. The lowest BCUT2D eigenvalue weighted by Crippen LogP contribution is -2.36. The standard InChI is InChI=1S/C15H26N2OS/c1-5-13-11(4)19-15(17-13)14(16-10(2)3)12-6-8-18-9-7-12/h10,12,14,16H,5-9H2,1-4H3. The van der Waals surface area contributed by atoms with Crippen LogP contribution in [0.4, 0.5) is 0 Å². The molecule has 0 aromatic carbocycles. The number of hydrogen-bond donors (Lipinski definition) is 1. The van der Waals surface area contributed by atoms with Crippen molar-refractivity contribution in [1.29, 1.82) is 0 Å². The molecule has 1 aliphatic rings. The molecule has 108 valence electrons. The smallest absolute Gasteiger partial charge is 0.110 e. The Morgan fingerprint density at radius 3 is 2.58 bits per heavy atom. The third-order valence-electron chi connectivity index (χ3n) is 3.76. The van der Waals surface area contributed by atoms with Crippen LogP contribution in [-0.2, 0) is 11.2 Å². The molecule has 0 amide bonds. The molecule has 1 fully saturated rings. The van der Waals surface area contributed by atoms with Gasteiger partial charge in [-0.1, -0.05) is 20.8 Å². The Morgan fingerprint density at radius 2 is 2.05 bits per heavy atom. The van der Waals surface area contributed by atoms with E-state index in [1.807, 2.05) is 11.3 Å². The van der Waals surface area contributed by atoms with Gasteiger partial charge in [0, 0.05) is 24.1 Å². The van der Waals surface area contributed by atoms with E-state index in [0.717, 1.165) is 32.5 Å². The van der Waals surface area contributed by atoms with Gasteiger partial charge in [-0.15, -0.1) is 11.3 Å². The summed E-state index contributed by atoms with van der Waals surface area (Å²) in [6, 6.07) is 0.884. The largest absolute Gasteiger partial charge is 0.381 e. The fraction of sp³-hybridized carbons (Fsp3) is 0.800. The zero-order chi connectivity index (χ0) is 13.8. The van der Waals surface area contributed by atoms with Crippen LogP contribution < -0.4 is 5.32 Å². The van der Waals surface area contributed by atoms with Gasteiger partial charge in [0.2, 0.25) is 0 Å². The predicted octanol–water partition coefficient (Wildman–Crippen LogP) is 3.48. The minimum atomic E-state index is 0.396. The first-order chi connectivity index (χ1) is 9.11. The van der Waals surface area contributed by atoms with Crippen LogP contribution in [0, 0.1) is 12.8 Å². The molecule has 3 nitrogen and oxygen atoms in total. The van der Waals surface area contributed by atoms with Crippen LogP contribution >= 0.6 is 11.3 Å². The second-order valence-electron chi connectivity index (χ2n) is 5.66. The number of hydrogen-bond acceptors (Lipinski definition) is 4. The van der Waals surface area contributed by atoms with Crippen LogP contribution in [0.5, 0.6) is 0 Å². The molecular formula is C15H26N2OS. The molecule has 1 saturated heterocycles. The van der Waals surface area contributed by atoms with Gasteiger partial charge in [-0.2, -0.15) is 0 Å². The van der Waals surface area contributed by atoms with E-state index < -0.39 is 0 Å². The molecule has 1 unspecified atom stereocenters. The number of thiazole rings is 1. The van der Waals surface area contributed by atoms with Gasteiger partial charge in [-0.25, -0.2) is 4.98 Å². The predicted molar refractivity (Wildman–Crippen MR) is 80.8 cm³/mol. The normalized spacial score (nSPS) is 19.0. The molecule has 1 aliphatic heterocycles. The summed E-state index contributed by atoms with van der Waals surface area (Å²) in [4.78, 5) is 6.25. The lowest BCUT2D eigenvalue weighted by atomic mass is 9.91. The van der Waals surface area contributed by atoms with Crippen molar-refractivity contribution in [2.75, 3.05) is 13.2 Å². The Balaban J connectivity index is 2.19. The van der Waals surface area contributed by atoms with Crippen molar-refractivity contribution in [3.63, 3.8) is 0 Å². The van der Waals surface area contributed by atoms with Crippen molar-refractivity contribution < 1.29 is 4.74 Å². The zero-order valence-electron chi connectivity index (χ0n) is 12.5. The molecule has 1 N–H and O–H groups in total. The first kappa shape index (κ1) is 14.9. The molecule has 0 bridgehead atoms. The van der Waals surface area contributed by atoms with E-state index in [1.54, 1.807) is 0 Å². The van der Waals surface area contributed by atoms with Crippen LogP contribution in [0.15, 0.2) is 0 Å². The highest BCUT2D eigenvalue weighted by molar-refractivity contribution is 7.11. The van der Waals surface area contributed by atoms with Crippen molar-refractivity contribution in [3.05, 3.63) is 15.6 Å². The van der Waals surface area contributed by atoms with Crippen molar-refractivity contribution in [2.24, 2.45) is 5.92 Å².